The van der Waals surface area contributed by atoms with Crippen LogP contribution in [0, 0.1) is 0 Å². The summed E-state index contributed by atoms with van der Waals surface area (Å²) in [6.07, 6.45) is 3.19. The molecule has 100 valence electrons. The van der Waals surface area contributed by atoms with E-state index >= 15 is 0 Å². The molecule has 0 atom stereocenters. The van der Waals surface area contributed by atoms with E-state index in [1.54, 1.807) is 17.2 Å². The van der Waals surface area contributed by atoms with E-state index in [1.807, 2.05) is 54.6 Å². The van der Waals surface area contributed by atoms with E-state index < -0.39 is 0 Å². The molecule has 0 radical (unpaired) electrons. The van der Waals surface area contributed by atoms with Crippen LogP contribution in [0.25, 0.3) is 28.1 Å². The summed E-state index contributed by atoms with van der Waals surface area (Å²) >= 11 is 0. The number of hydrogen-bond acceptors (Lipinski definition) is 4. The molecular weight excluding hydrogens is 262 g/mol. The molecule has 0 saturated carbocycles. The number of fused-ring (bicyclic) bond motifs is 1. The molecule has 0 saturated heterocycles. The summed E-state index contributed by atoms with van der Waals surface area (Å²) in [6, 6.07) is 18.1. The number of nitrogens with zero attached hydrogens (tertiary/aromatic N) is 5. The van der Waals surface area contributed by atoms with Crippen LogP contribution in [0.5, 0.6) is 0 Å². The maximum Gasteiger partial charge on any atom is 0.237 e. The van der Waals surface area contributed by atoms with E-state index in [4.69, 9.17) is 0 Å². The zero-order valence-electron chi connectivity index (χ0n) is 11.1. The Balaban J connectivity index is 2.04. The second-order valence-corrected chi connectivity index (χ2v) is 4.62. The van der Waals surface area contributed by atoms with Crippen LogP contribution in [0.1, 0.15) is 0 Å². The van der Waals surface area contributed by atoms with Crippen LogP contribution in [0.4, 0.5) is 0 Å². The van der Waals surface area contributed by atoms with Crippen molar-refractivity contribution in [2.75, 3.05) is 0 Å². The molecule has 0 bridgehead atoms. The Morgan fingerprint density at radius 2 is 1.43 bits per heavy atom. The summed E-state index contributed by atoms with van der Waals surface area (Å²) in [7, 11) is 0. The first-order valence-corrected chi connectivity index (χ1v) is 6.59. The minimum Gasteiger partial charge on any atom is -0.255 e. The Morgan fingerprint density at radius 1 is 0.714 bits per heavy atom. The van der Waals surface area contributed by atoms with Gasteiger partial charge < -0.3 is 0 Å². The van der Waals surface area contributed by atoms with Gasteiger partial charge in [0.05, 0.1) is 11.2 Å². The van der Waals surface area contributed by atoms with Crippen molar-refractivity contribution in [1.82, 2.24) is 24.7 Å². The average molecular weight is 273 g/mol. The van der Waals surface area contributed by atoms with Gasteiger partial charge in [-0.1, -0.05) is 48.5 Å². The molecule has 0 fully saturated rings. The van der Waals surface area contributed by atoms with E-state index in [9.17, 15) is 0 Å². The van der Waals surface area contributed by atoms with Crippen LogP contribution in [0.15, 0.2) is 67.3 Å². The Hall–Kier alpha value is -3.08. The molecule has 0 unspecified atom stereocenters. The molecule has 21 heavy (non-hydrogen) atoms. The van der Waals surface area contributed by atoms with Gasteiger partial charge in [-0.3, -0.25) is 4.57 Å². The van der Waals surface area contributed by atoms with Gasteiger partial charge in [0, 0.05) is 10.9 Å². The predicted molar refractivity (Wildman–Crippen MR) is 79.9 cm³/mol. The third-order valence-electron chi connectivity index (χ3n) is 3.29. The van der Waals surface area contributed by atoms with Gasteiger partial charge in [-0.15, -0.1) is 10.2 Å². The van der Waals surface area contributed by atoms with Gasteiger partial charge in [-0.05, 0) is 6.07 Å². The van der Waals surface area contributed by atoms with Gasteiger partial charge in [0.15, 0.2) is 0 Å². The molecule has 0 amide bonds. The highest BCUT2D eigenvalue weighted by Crippen LogP contribution is 2.26. The highest BCUT2D eigenvalue weighted by Gasteiger charge is 2.10. The summed E-state index contributed by atoms with van der Waals surface area (Å²) in [4.78, 5) is 9.26. The maximum atomic E-state index is 4.69. The van der Waals surface area contributed by atoms with Crippen molar-refractivity contribution in [3.8, 4) is 17.2 Å². The van der Waals surface area contributed by atoms with E-state index in [2.05, 4.69) is 20.2 Å². The lowest BCUT2D eigenvalue weighted by atomic mass is 10.1. The Kier molecular flexibility index (Phi) is 2.67. The third kappa shape index (κ3) is 2.04. The maximum absolute atomic E-state index is 4.69. The quantitative estimate of drug-likeness (QED) is 0.563. The minimum atomic E-state index is 0.567. The molecule has 4 rings (SSSR count). The smallest absolute Gasteiger partial charge is 0.237 e. The molecule has 0 aliphatic rings. The zero-order valence-corrected chi connectivity index (χ0v) is 11.1. The van der Waals surface area contributed by atoms with Crippen molar-refractivity contribution < 1.29 is 0 Å². The summed E-state index contributed by atoms with van der Waals surface area (Å²) in [5.41, 5.74) is 2.87. The molecule has 2 aromatic heterocycles. The van der Waals surface area contributed by atoms with Gasteiger partial charge in [-0.2, -0.15) is 0 Å². The van der Waals surface area contributed by atoms with Crippen molar-refractivity contribution in [3.05, 3.63) is 67.3 Å². The number of rotatable bonds is 2. The van der Waals surface area contributed by atoms with Gasteiger partial charge in [-0.25, -0.2) is 9.97 Å². The van der Waals surface area contributed by atoms with Crippen molar-refractivity contribution in [1.29, 1.82) is 0 Å². The molecule has 5 heteroatoms. The first-order valence-electron chi connectivity index (χ1n) is 6.59. The Morgan fingerprint density at radius 3 is 2.24 bits per heavy atom. The molecule has 5 nitrogen and oxygen atoms in total. The standard InChI is InChI=1S/C16H11N5/c1-2-6-12(7-3-1)15-13-8-4-5-9-14(13)19-16(20-15)21-10-17-18-11-21/h1-11H. The fourth-order valence-electron chi connectivity index (χ4n) is 2.30. The normalized spacial score (nSPS) is 10.9. The molecule has 0 spiro atoms. The molecule has 2 heterocycles. The van der Waals surface area contributed by atoms with Crippen molar-refractivity contribution in [3.63, 3.8) is 0 Å². The fourth-order valence-corrected chi connectivity index (χ4v) is 2.30. The monoisotopic (exact) mass is 273 g/mol. The van der Waals surface area contributed by atoms with Crippen LogP contribution < -0.4 is 0 Å². The summed E-state index contributed by atoms with van der Waals surface area (Å²) < 4.78 is 1.71. The fraction of sp³-hybridized carbons (Fsp3) is 0. The second-order valence-electron chi connectivity index (χ2n) is 4.62. The molecular formula is C16H11N5. The van der Waals surface area contributed by atoms with E-state index in [0.29, 0.717) is 5.95 Å². The van der Waals surface area contributed by atoms with Crippen LogP contribution in [0.3, 0.4) is 0 Å². The highest BCUT2D eigenvalue weighted by atomic mass is 15.3. The lowest BCUT2D eigenvalue weighted by molar-refractivity contribution is 0.941. The van der Waals surface area contributed by atoms with Gasteiger partial charge in [0.1, 0.15) is 12.7 Å². The number of aromatic nitrogens is 5. The van der Waals surface area contributed by atoms with Crippen LogP contribution in [-0.4, -0.2) is 24.7 Å². The molecule has 0 N–H and O–H groups in total. The van der Waals surface area contributed by atoms with E-state index in [-0.39, 0.29) is 0 Å². The Labute approximate surface area is 120 Å². The lowest BCUT2D eigenvalue weighted by Gasteiger charge is -2.08. The van der Waals surface area contributed by atoms with Gasteiger partial charge in [0.25, 0.3) is 0 Å². The highest BCUT2D eigenvalue weighted by molar-refractivity contribution is 5.92. The largest absolute Gasteiger partial charge is 0.255 e. The topological polar surface area (TPSA) is 56.5 Å². The molecule has 4 aromatic rings. The molecule has 0 aliphatic carbocycles. The van der Waals surface area contributed by atoms with Gasteiger partial charge >= 0.3 is 0 Å². The second kappa shape index (κ2) is 4.79. The first kappa shape index (κ1) is 11.7. The molecule has 2 aromatic carbocycles. The summed E-state index contributed by atoms with van der Waals surface area (Å²) in [5.74, 6) is 0.567. The van der Waals surface area contributed by atoms with Crippen LogP contribution in [-0.2, 0) is 0 Å². The zero-order chi connectivity index (χ0) is 14.1. The Bertz CT molecular complexity index is 885. The number of para-hydroxylation sites is 1. The number of hydrogen-bond donors (Lipinski definition) is 0. The predicted octanol–water partition coefficient (Wildman–Crippen LogP) is 2.88. The summed E-state index contributed by atoms with van der Waals surface area (Å²) in [6.45, 7) is 0. The first-order chi connectivity index (χ1) is 10.4. The minimum absolute atomic E-state index is 0.567. The van der Waals surface area contributed by atoms with Crippen LogP contribution >= 0.6 is 0 Å². The molecule has 0 aliphatic heterocycles. The van der Waals surface area contributed by atoms with E-state index in [1.165, 1.54) is 0 Å². The summed E-state index contributed by atoms with van der Waals surface area (Å²) in [5, 5.41) is 8.66. The lowest BCUT2D eigenvalue weighted by Crippen LogP contribution is -2.01. The van der Waals surface area contributed by atoms with Crippen molar-refractivity contribution >= 4 is 10.9 Å². The van der Waals surface area contributed by atoms with Gasteiger partial charge in [0.2, 0.25) is 5.95 Å². The van der Waals surface area contributed by atoms with E-state index in [0.717, 1.165) is 22.2 Å². The number of benzene rings is 2. The van der Waals surface area contributed by atoms with Crippen LogP contribution in [0.2, 0.25) is 0 Å². The van der Waals surface area contributed by atoms with Crippen molar-refractivity contribution in [2.45, 2.75) is 0 Å². The average Bonchev–Trinajstić information content (AvgIpc) is 3.09. The van der Waals surface area contributed by atoms with Crippen molar-refractivity contribution in [2.24, 2.45) is 0 Å². The third-order valence-corrected chi connectivity index (χ3v) is 3.29. The SMILES string of the molecule is c1ccc(-c2nc(-n3cnnc3)nc3ccccc23)cc1.